The number of ether oxygens (including phenoxy) is 4. The van der Waals surface area contributed by atoms with Crippen LogP contribution in [-0.2, 0) is 23.7 Å². The Balaban J connectivity index is 0.000000937. The predicted octanol–water partition coefficient (Wildman–Crippen LogP) is 4.72. The maximum atomic E-state index is 12.7. The first kappa shape index (κ1) is 21.4. The third-order valence-electron chi connectivity index (χ3n) is 10.1. The highest BCUT2D eigenvalue weighted by Gasteiger charge is 2.68. The highest BCUT2D eigenvalue weighted by atomic mass is 16.7. The quantitative estimate of drug-likeness (QED) is 0.575. The molecule has 4 aliphatic carbocycles. The van der Waals surface area contributed by atoms with Crippen LogP contribution in [0.15, 0.2) is 0 Å². The zero-order chi connectivity index (χ0) is 21.0. The monoisotopic (exact) mass is 420 g/mol. The van der Waals surface area contributed by atoms with E-state index >= 15 is 0 Å². The van der Waals surface area contributed by atoms with Crippen LogP contribution in [0.5, 0.6) is 0 Å². The maximum Gasteiger partial charge on any atom is 0.174 e. The predicted molar refractivity (Wildman–Crippen MR) is 113 cm³/mol. The highest BCUT2D eigenvalue weighted by Crippen LogP contribution is 2.69. The Morgan fingerprint density at radius 2 is 1.43 bits per heavy atom. The van der Waals surface area contributed by atoms with E-state index in [2.05, 4.69) is 6.92 Å². The van der Waals surface area contributed by atoms with Crippen LogP contribution in [0.25, 0.3) is 0 Å². The van der Waals surface area contributed by atoms with E-state index in [1.54, 1.807) is 0 Å². The molecule has 2 heterocycles. The molecule has 6 atom stereocenters. The summed E-state index contributed by atoms with van der Waals surface area (Å²) in [4.78, 5) is 12.7. The van der Waals surface area contributed by atoms with Crippen LogP contribution in [0.4, 0.5) is 0 Å². The Hall–Kier alpha value is -0.490. The van der Waals surface area contributed by atoms with E-state index in [0.29, 0.717) is 36.9 Å². The summed E-state index contributed by atoms with van der Waals surface area (Å²) in [5.74, 6) is 1.43. The van der Waals surface area contributed by atoms with Gasteiger partial charge < -0.3 is 23.7 Å². The van der Waals surface area contributed by atoms with Gasteiger partial charge in [-0.2, -0.15) is 0 Å². The summed E-state index contributed by atoms with van der Waals surface area (Å²) in [6, 6.07) is 0. The van der Waals surface area contributed by atoms with Crippen LogP contribution in [-0.4, -0.2) is 44.3 Å². The van der Waals surface area contributed by atoms with Crippen molar-refractivity contribution in [2.75, 3.05) is 26.4 Å². The van der Waals surface area contributed by atoms with E-state index in [4.69, 9.17) is 18.9 Å². The minimum absolute atomic E-state index is 0.106. The van der Waals surface area contributed by atoms with E-state index in [-0.39, 0.29) is 16.6 Å². The van der Waals surface area contributed by atoms with E-state index in [9.17, 15) is 4.79 Å². The molecule has 5 nitrogen and oxygen atoms in total. The van der Waals surface area contributed by atoms with Gasteiger partial charge in [0, 0.05) is 30.1 Å². The van der Waals surface area contributed by atoms with Crippen LogP contribution in [0, 0.1) is 34.5 Å². The Bertz CT molecular complexity index is 652. The second kappa shape index (κ2) is 7.54. The van der Waals surface area contributed by atoms with Crippen molar-refractivity contribution >= 4 is 6.29 Å². The van der Waals surface area contributed by atoms with Gasteiger partial charge in [0.1, 0.15) is 6.29 Å². The summed E-state index contributed by atoms with van der Waals surface area (Å²) in [6.07, 6.45) is 10.9. The molecule has 0 aromatic rings. The van der Waals surface area contributed by atoms with Gasteiger partial charge in [-0.05, 0) is 62.2 Å². The van der Waals surface area contributed by atoms with Crippen molar-refractivity contribution in [2.24, 2.45) is 34.5 Å². The normalized spacial score (nSPS) is 47.8. The second-order valence-corrected chi connectivity index (χ2v) is 10.6. The van der Waals surface area contributed by atoms with Gasteiger partial charge in [0.05, 0.1) is 26.4 Å². The van der Waals surface area contributed by atoms with E-state index in [1.165, 1.54) is 19.1 Å². The fraction of sp³-hybridized carbons (Fsp3) is 0.960. The second-order valence-electron chi connectivity index (χ2n) is 10.6. The van der Waals surface area contributed by atoms with Crippen LogP contribution in [0.3, 0.4) is 0 Å². The largest absolute Gasteiger partial charge is 0.348 e. The number of fused-ring (bicyclic) bond motifs is 6. The zero-order valence-corrected chi connectivity index (χ0v) is 19.1. The lowest BCUT2D eigenvalue weighted by Crippen LogP contribution is -2.59. The molecular weight excluding hydrogens is 380 g/mol. The number of aldehydes is 1. The smallest absolute Gasteiger partial charge is 0.174 e. The Morgan fingerprint density at radius 3 is 2.13 bits per heavy atom. The molecule has 6 rings (SSSR count). The van der Waals surface area contributed by atoms with Crippen molar-refractivity contribution in [2.45, 2.75) is 90.1 Å². The minimum atomic E-state index is -0.393. The number of carbonyl (C=O) groups excluding carboxylic acids is 1. The van der Waals surface area contributed by atoms with Gasteiger partial charge in [-0.3, -0.25) is 0 Å². The van der Waals surface area contributed by atoms with Gasteiger partial charge in [0.25, 0.3) is 0 Å². The molecule has 4 saturated carbocycles. The van der Waals surface area contributed by atoms with Crippen LogP contribution in [0.2, 0.25) is 0 Å². The van der Waals surface area contributed by atoms with E-state index < -0.39 is 5.79 Å². The summed E-state index contributed by atoms with van der Waals surface area (Å²) >= 11 is 0. The van der Waals surface area contributed by atoms with Crippen LogP contribution >= 0.6 is 0 Å². The number of rotatable bonds is 1. The molecule has 170 valence electrons. The molecule has 6 aliphatic rings. The average Bonchev–Trinajstić information content (AvgIpc) is 3.51. The van der Waals surface area contributed by atoms with Gasteiger partial charge in [0.2, 0.25) is 0 Å². The Morgan fingerprint density at radius 1 is 0.767 bits per heavy atom. The van der Waals surface area contributed by atoms with Crippen LogP contribution in [0.1, 0.15) is 78.6 Å². The molecule has 0 amide bonds. The molecule has 0 N–H and O–H groups in total. The van der Waals surface area contributed by atoms with Crippen molar-refractivity contribution in [3.05, 3.63) is 0 Å². The topological polar surface area (TPSA) is 54.0 Å². The molecule has 0 bridgehead atoms. The van der Waals surface area contributed by atoms with Crippen molar-refractivity contribution in [1.82, 2.24) is 0 Å². The maximum absolute atomic E-state index is 12.7. The third-order valence-corrected chi connectivity index (χ3v) is 10.1. The zero-order valence-electron chi connectivity index (χ0n) is 19.1. The molecule has 6 fully saturated rings. The molecule has 0 radical (unpaired) electrons. The molecule has 0 aromatic carbocycles. The van der Waals surface area contributed by atoms with Gasteiger partial charge in [0.15, 0.2) is 11.6 Å². The first-order valence-corrected chi connectivity index (χ1v) is 12.6. The lowest BCUT2D eigenvalue weighted by atomic mass is 9.44. The van der Waals surface area contributed by atoms with Crippen LogP contribution < -0.4 is 0 Å². The lowest BCUT2D eigenvalue weighted by molar-refractivity contribution is -0.255. The SMILES string of the molecule is CC.CC12CCC3C(CCC4CC5(CCC43C=O)OCCO5)C1CCC21OCCO1. The molecular formula is C25H40O5. The number of hydrogen-bond acceptors (Lipinski definition) is 5. The van der Waals surface area contributed by atoms with E-state index in [1.807, 2.05) is 13.8 Å². The summed E-state index contributed by atoms with van der Waals surface area (Å²) in [5, 5.41) is 0. The molecule has 2 saturated heterocycles. The van der Waals surface area contributed by atoms with Crippen molar-refractivity contribution in [3.63, 3.8) is 0 Å². The summed E-state index contributed by atoms with van der Waals surface area (Å²) < 4.78 is 24.6. The molecule has 2 spiro atoms. The van der Waals surface area contributed by atoms with E-state index in [0.717, 1.165) is 58.2 Å². The van der Waals surface area contributed by atoms with Crippen molar-refractivity contribution in [3.8, 4) is 0 Å². The lowest BCUT2D eigenvalue weighted by Gasteiger charge is -2.61. The minimum Gasteiger partial charge on any atom is -0.348 e. The van der Waals surface area contributed by atoms with Gasteiger partial charge >= 0.3 is 0 Å². The number of carbonyl (C=O) groups is 1. The van der Waals surface area contributed by atoms with Gasteiger partial charge in [-0.15, -0.1) is 0 Å². The Kier molecular flexibility index (Phi) is 5.37. The fourth-order valence-electron chi connectivity index (χ4n) is 8.78. The summed E-state index contributed by atoms with van der Waals surface area (Å²) in [7, 11) is 0. The third kappa shape index (κ3) is 2.71. The fourth-order valence-corrected chi connectivity index (χ4v) is 8.78. The molecule has 5 heteroatoms. The Labute approximate surface area is 181 Å². The van der Waals surface area contributed by atoms with Crippen molar-refractivity contribution in [1.29, 1.82) is 0 Å². The molecule has 2 aliphatic heterocycles. The van der Waals surface area contributed by atoms with Gasteiger partial charge in [-0.25, -0.2) is 0 Å². The van der Waals surface area contributed by atoms with Crippen molar-refractivity contribution < 1.29 is 23.7 Å². The standard InChI is InChI=1S/C23H34O5.C2H6/c1-20-6-4-19-17(18(20)5-7-23(20)27-12-13-28-23)3-2-16-14-22(25-10-11-26-22)9-8-21(16,19)15-24;1-2/h15-19H,2-14H2,1H3;1-2H3. The molecule has 30 heavy (non-hydrogen) atoms. The number of hydrogen-bond donors (Lipinski definition) is 0. The molecule has 6 unspecified atom stereocenters. The highest BCUT2D eigenvalue weighted by molar-refractivity contribution is 5.62. The molecule has 0 aromatic heterocycles. The summed E-state index contributed by atoms with van der Waals surface area (Å²) in [6.45, 7) is 9.30. The first-order valence-electron chi connectivity index (χ1n) is 12.6. The first-order chi connectivity index (χ1) is 14.6. The van der Waals surface area contributed by atoms with Gasteiger partial charge in [-0.1, -0.05) is 20.8 Å². The summed E-state index contributed by atoms with van der Waals surface area (Å²) in [5.41, 5.74) is -0.0624. The average molecular weight is 421 g/mol.